The van der Waals surface area contributed by atoms with Crippen molar-refractivity contribution in [2.45, 2.75) is 6.42 Å². The van der Waals surface area contributed by atoms with Crippen molar-refractivity contribution in [1.82, 2.24) is 10.2 Å². The maximum absolute atomic E-state index is 5.52. The SMILES string of the molecule is NCCCNc1nnc(-c2cccs2)c2ccccc12. The minimum absolute atomic E-state index is 0.672. The molecule has 1 aromatic carbocycles. The van der Waals surface area contributed by atoms with E-state index in [2.05, 4.69) is 39.1 Å². The minimum atomic E-state index is 0.672. The van der Waals surface area contributed by atoms with E-state index in [0.29, 0.717) is 6.54 Å². The Morgan fingerprint density at radius 2 is 1.90 bits per heavy atom. The van der Waals surface area contributed by atoms with Gasteiger partial charge in [-0.1, -0.05) is 30.3 Å². The van der Waals surface area contributed by atoms with Crippen LogP contribution in [0.3, 0.4) is 0 Å². The zero-order valence-corrected chi connectivity index (χ0v) is 11.9. The predicted octanol–water partition coefficient (Wildman–Crippen LogP) is 3.12. The molecule has 0 aliphatic heterocycles. The first-order chi connectivity index (χ1) is 9.90. The Hall–Kier alpha value is -1.98. The second-order valence-electron chi connectivity index (χ2n) is 4.49. The molecule has 2 aromatic heterocycles. The molecule has 0 saturated heterocycles. The van der Waals surface area contributed by atoms with Crippen LogP contribution >= 0.6 is 11.3 Å². The first-order valence-electron chi connectivity index (χ1n) is 6.63. The molecule has 0 aliphatic carbocycles. The Morgan fingerprint density at radius 3 is 2.65 bits per heavy atom. The number of rotatable bonds is 5. The second-order valence-corrected chi connectivity index (χ2v) is 5.44. The lowest BCUT2D eigenvalue weighted by Crippen LogP contribution is -2.10. The Kier molecular flexibility index (Phi) is 3.90. The Balaban J connectivity index is 2.06. The molecular weight excluding hydrogens is 268 g/mol. The van der Waals surface area contributed by atoms with Crippen molar-refractivity contribution in [3.63, 3.8) is 0 Å². The molecule has 2 heterocycles. The highest BCUT2D eigenvalue weighted by Gasteiger charge is 2.10. The molecule has 3 N–H and O–H groups in total. The average Bonchev–Trinajstić information content (AvgIpc) is 3.01. The molecule has 0 spiro atoms. The van der Waals surface area contributed by atoms with Crippen molar-refractivity contribution < 1.29 is 0 Å². The third-order valence-corrected chi connectivity index (χ3v) is 3.99. The number of anilines is 1. The summed E-state index contributed by atoms with van der Waals surface area (Å²) in [4.78, 5) is 1.14. The van der Waals surface area contributed by atoms with Crippen LogP contribution in [-0.2, 0) is 0 Å². The van der Waals surface area contributed by atoms with Gasteiger partial charge in [0.25, 0.3) is 0 Å². The summed E-state index contributed by atoms with van der Waals surface area (Å²) in [6, 6.07) is 12.3. The molecule has 0 unspecified atom stereocenters. The van der Waals surface area contributed by atoms with Gasteiger partial charge in [-0.25, -0.2) is 0 Å². The standard InChI is InChI=1S/C15H16N4S/c16-8-4-9-17-15-12-6-2-1-5-11(12)14(18-19-15)13-7-3-10-20-13/h1-3,5-7,10H,4,8-9,16H2,(H,17,19). The lowest BCUT2D eigenvalue weighted by molar-refractivity contribution is 0.866. The molecule has 3 rings (SSSR count). The number of benzene rings is 1. The van der Waals surface area contributed by atoms with Gasteiger partial charge in [-0.3, -0.25) is 0 Å². The highest BCUT2D eigenvalue weighted by molar-refractivity contribution is 7.13. The Morgan fingerprint density at radius 1 is 1.05 bits per heavy atom. The lowest BCUT2D eigenvalue weighted by Gasteiger charge is -2.09. The van der Waals surface area contributed by atoms with E-state index in [9.17, 15) is 0 Å². The van der Waals surface area contributed by atoms with Gasteiger partial charge in [0, 0.05) is 17.3 Å². The van der Waals surface area contributed by atoms with Crippen LogP contribution in [0.15, 0.2) is 41.8 Å². The smallest absolute Gasteiger partial charge is 0.156 e. The van der Waals surface area contributed by atoms with E-state index in [-0.39, 0.29) is 0 Å². The van der Waals surface area contributed by atoms with Gasteiger partial charge < -0.3 is 11.1 Å². The van der Waals surface area contributed by atoms with Crippen LogP contribution in [0.5, 0.6) is 0 Å². The van der Waals surface area contributed by atoms with E-state index in [1.54, 1.807) is 11.3 Å². The number of nitrogens with two attached hydrogens (primary N) is 1. The van der Waals surface area contributed by atoms with Crippen molar-refractivity contribution in [1.29, 1.82) is 0 Å². The number of hydrogen-bond acceptors (Lipinski definition) is 5. The summed E-state index contributed by atoms with van der Waals surface area (Å²) in [6.07, 6.45) is 0.919. The number of aromatic nitrogens is 2. The topological polar surface area (TPSA) is 63.8 Å². The zero-order valence-electron chi connectivity index (χ0n) is 11.0. The van der Waals surface area contributed by atoms with Crippen LogP contribution in [0.4, 0.5) is 5.82 Å². The van der Waals surface area contributed by atoms with Crippen molar-refractivity contribution >= 4 is 27.9 Å². The fourth-order valence-electron chi connectivity index (χ4n) is 2.14. The van der Waals surface area contributed by atoms with E-state index in [4.69, 9.17) is 5.73 Å². The maximum Gasteiger partial charge on any atom is 0.156 e. The number of hydrogen-bond donors (Lipinski definition) is 2. The van der Waals surface area contributed by atoms with Crippen LogP contribution in [0, 0.1) is 0 Å². The number of nitrogens with zero attached hydrogens (tertiary/aromatic N) is 2. The van der Waals surface area contributed by atoms with E-state index in [1.165, 1.54) is 0 Å². The van der Waals surface area contributed by atoms with Crippen molar-refractivity contribution in [3.8, 4) is 10.6 Å². The highest BCUT2D eigenvalue weighted by atomic mass is 32.1. The van der Waals surface area contributed by atoms with Crippen LogP contribution in [0.2, 0.25) is 0 Å². The van der Waals surface area contributed by atoms with Crippen LogP contribution in [0.25, 0.3) is 21.3 Å². The van der Waals surface area contributed by atoms with Crippen LogP contribution < -0.4 is 11.1 Å². The number of fused-ring (bicyclic) bond motifs is 1. The number of thiophene rings is 1. The lowest BCUT2D eigenvalue weighted by atomic mass is 10.1. The predicted molar refractivity (Wildman–Crippen MR) is 85.0 cm³/mol. The molecule has 3 aromatic rings. The quantitative estimate of drug-likeness (QED) is 0.707. The molecule has 0 amide bonds. The first-order valence-corrected chi connectivity index (χ1v) is 7.51. The van der Waals surface area contributed by atoms with Crippen molar-refractivity contribution in [2.75, 3.05) is 18.4 Å². The van der Waals surface area contributed by atoms with E-state index >= 15 is 0 Å². The fraction of sp³-hybridized carbons (Fsp3) is 0.200. The first kappa shape index (κ1) is 13.0. The van der Waals surface area contributed by atoms with Gasteiger partial charge in [0.05, 0.1) is 4.88 Å². The van der Waals surface area contributed by atoms with Crippen molar-refractivity contribution in [2.24, 2.45) is 5.73 Å². The summed E-state index contributed by atoms with van der Waals surface area (Å²) in [6.45, 7) is 1.49. The molecule has 0 aliphatic rings. The molecule has 102 valence electrons. The average molecular weight is 284 g/mol. The zero-order chi connectivity index (χ0) is 13.8. The van der Waals surface area contributed by atoms with Gasteiger partial charge in [0.2, 0.25) is 0 Å². The summed E-state index contributed by atoms with van der Waals surface area (Å²) >= 11 is 1.68. The molecule has 0 bridgehead atoms. The van der Waals surface area contributed by atoms with Gasteiger partial charge in [-0.15, -0.1) is 21.5 Å². The van der Waals surface area contributed by atoms with Gasteiger partial charge >= 0.3 is 0 Å². The van der Waals surface area contributed by atoms with E-state index in [0.717, 1.165) is 40.1 Å². The molecule has 0 saturated carbocycles. The summed E-state index contributed by atoms with van der Waals surface area (Å²) in [5, 5.41) is 16.3. The molecule has 20 heavy (non-hydrogen) atoms. The Labute approximate surface area is 121 Å². The molecule has 0 radical (unpaired) electrons. The highest BCUT2D eigenvalue weighted by Crippen LogP contribution is 2.31. The van der Waals surface area contributed by atoms with Crippen LogP contribution in [0.1, 0.15) is 6.42 Å². The monoisotopic (exact) mass is 284 g/mol. The van der Waals surface area contributed by atoms with Gasteiger partial charge in [0.1, 0.15) is 5.69 Å². The van der Waals surface area contributed by atoms with Crippen molar-refractivity contribution in [3.05, 3.63) is 41.8 Å². The molecule has 0 atom stereocenters. The summed E-state index contributed by atoms with van der Waals surface area (Å²) in [5.74, 6) is 0.828. The number of nitrogens with one attached hydrogen (secondary N) is 1. The summed E-state index contributed by atoms with van der Waals surface area (Å²) < 4.78 is 0. The largest absolute Gasteiger partial charge is 0.368 e. The second kappa shape index (κ2) is 5.98. The van der Waals surface area contributed by atoms with E-state index in [1.807, 2.05) is 18.2 Å². The van der Waals surface area contributed by atoms with E-state index < -0.39 is 0 Å². The van der Waals surface area contributed by atoms with Gasteiger partial charge in [0.15, 0.2) is 5.82 Å². The third kappa shape index (κ3) is 2.50. The maximum atomic E-state index is 5.52. The molecule has 4 nitrogen and oxygen atoms in total. The van der Waals surface area contributed by atoms with Crippen LogP contribution in [-0.4, -0.2) is 23.3 Å². The normalized spacial score (nSPS) is 10.8. The van der Waals surface area contributed by atoms with Gasteiger partial charge in [-0.2, -0.15) is 0 Å². The summed E-state index contributed by atoms with van der Waals surface area (Å²) in [7, 11) is 0. The molecule has 5 heteroatoms. The summed E-state index contributed by atoms with van der Waals surface area (Å²) in [5.41, 5.74) is 6.46. The minimum Gasteiger partial charge on any atom is -0.368 e. The third-order valence-electron chi connectivity index (χ3n) is 3.12. The molecular formula is C15H16N4S. The van der Waals surface area contributed by atoms with Gasteiger partial charge in [-0.05, 0) is 24.4 Å². The Bertz CT molecular complexity index is 694. The molecule has 0 fully saturated rings. The fourth-order valence-corrected chi connectivity index (χ4v) is 2.86.